The average molecular weight is 354 g/mol. The third kappa shape index (κ3) is 7.51. The molecule has 128 valence electrons. The van der Waals surface area contributed by atoms with Crippen molar-refractivity contribution < 1.29 is 19.3 Å². The number of aliphatic hydroxyl groups excluding tert-OH is 1. The van der Waals surface area contributed by atoms with E-state index >= 15 is 0 Å². The molecule has 0 aliphatic carbocycles. The van der Waals surface area contributed by atoms with Crippen molar-refractivity contribution in [3.05, 3.63) is 22.7 Å². The Labute approximate surface area is 143 Å². The Balaban J connectivity index is 0.00000441. The maximum Gasteiger partial charge on any atom is 0.179 e. The quantitative estimate of drug-likeness (QED) is 0.599. The van der Waals surface area contributed by atoms with Crippen molar-refractivity contribution in [2.45, 2.75) is 20.4 Å². The molecular weight excluding hydrogens is 329 g/mol. The third-order valence-electron chi connectivity index (χ3n) is 2.65. The van der Waals surface area contributed by atoms with E-state index in [4.69, 9.17) is 30.9 Å². The summed E-state index contributed by atoms with van der Waals surface area (Å²) < 4.78 is 16.3. The van der Waals surface area contributed by atoms with Gasteiger partial charge in [-0.2, -0.15) is 0 Å². The van der Waals surface area contributed by atoms with Gasteiger partial charge < -0.3 is 24.6 Å². The standard InChI is InChI=1S/C15H24ClNO4.ClH/c1-3-20-14-10-12(9-13(16)15(14)21-4-2)11-17-5-7-19-8-6-18;/h9-10,17-18H,3-8,11H2,1-2H3;1H. The molecule has 0 aliphatic rings. The van der Waals surface area contributed by atoms with Gasteiger partial charge in [0.25, 0.3) is 0 Å². The molecular formula is C15H25Cl2NO4. The highest BCUT2D eigenvalue weighted by Gasteiger charge is 2.12. The first-order valence-corrected chi connectivity index (χ1v) is 7.58. The second kappa shape index (κ2) is 12.8. The van der Waals surface area contributed by atoms with Gasteiger partial charge in [-0.05, 0) is 31.5 Å². The van der Waals surface area contributed by atoms with E-state index in [0.717, 1.165) is 5.56 Å². The Kier molecular flexibility index (Phi) is 12.4. The van der Waals surface area contributed by atoms with Gasteiger partial charge >= 0.3 is 0 Å². The first-order valence-electron chi connectivity index (χ1n) is 7.20. The number of nitrogens with one attached hydrogen (secondary N) is 1. The summed E-state index contributed by atoms with van der Waals surface area (Å²) in [4.78, 5) is 0. The SMILES string of the molecule is CCOc1cc(CNCCOCCO)cc(Cl)c1OCC.Cl. The van der Waals surface area contributed by atoms with Crippen LogP contribution in [0.2, 0.25) is 5.02 Å². The topological polar surface area (TPSA) is 60.0 Å². The Morgan fingerprint density at radius 2 is 1.86 bits per heavy atom. The maximum absolute atomic E-state index is 8.60. The minimum absolute atomic E-state index is 0. The molecule has 7 heteroatoms. The molecule has 0 aromatic heterocycles. The lowest BCUT2D eigenvalue weighted by Gasteiger charge is -2.14. The first kappa shape index (κ1) is 21.3. The van der Waals surface area contributed by atoms with Gasteiger partial charge in [0.15, 0.2) is 11.5 Å². The molecule has 0 fully saturated rings. The fourth-order valence-electron chi connectivity index (χ4n) is 1.81. The van der Waals surface area contributed by atoms with E-state index in [-0.39, 0.29) is 19.0 Å². The molecule has 0 amide bonds. The van der Waals surface area contributed by atoms with Crippen LogP contribution < -0.4 is 14.8 Å². The lowest BCUT2D eigenvalue weighted by molar-refractivity contribution is 0.0938. The van der Waals surface area contributed by atoms with Crippen LogP contribution in [0.5, 0.6) is 11.5 Å². The number of hydrogen-bond donors (Lipinski definition) is 2. The Morgan fingerprint density at radius 1 is 1.14 bits per heavy atom. The van der Waals surface area contributed by atoms with Gasteiger partial charge in [0.05, 0.1) is 38.1 Å². The summed E-state index contributed by atoms with van der Waals surface area (Å²) in [6.45, 7) is 7.27. The fourth-order valence-corrected chi connectivity index (χ4v) is 2.10. The van der Waals surface area contributed by atoms with E-state index in [2.05, 4.69) is 5.32 Å². The normalized spacial score (nSPS) is 10.2. The Morgan fingerprint density at radius 3 is 2.50 bits per heavy atom. The highest BCUT2D eigenvalue weighted by molar-refractivity contribution is 6.32. The minimum atomic E-state index is 0. The predicted molar refractivity (Wildman–Crippen MR) is 90.6 cm³/mol. The molecule has 2 N–H and O–H groups in total. The number of aliphatic hydroxyl groups is 1. The minimum Gasteiger partial charge on any atom is -0.490 e. The molecule has 0 atom stereocenters. The van der Waals surface area contributed by atoms with Crippen LogP contribution in [0.15, 0.2) is 12.1 Å². The molecule has 0 radical (unpaired) electrons. The number of rotatable bonds is 11. The van der Waals surface area contributed by atoms with Crippen molar-refractivity contribution in [2.24, 2.45) is 0 Å². The van der Waals surface area contributed by atoms with Crippen LogP contribution in [0.4, 0.5) is 0 Å². The maximum atomic E-state index is 8.60. The van der Waals surface area contributed by atoms with Gasteiger partial charge in [0.1, 0.15) is 0 Å². The zero-order valence-electron chi connectivity index (χ0n) is 13.1. The molecule has 0 bridgehead atoms. The predicted octanol–water partition coefficient (Wildman–Crippen LogP) is 2.66. The van der Waals surface area contributed by atoms with Crippen molar-refractivity contribution in [2.75, 3.05) is 39.6 Å². The number of ether oxygens (including phenoxy) is 3. The first-order chi connectivity index (χ1) is 10.2. The van der Waals surface area contributed by atoms with Gasteiger partial charge in [-0.3, -0.25) is 0 Å². The zero-order valence-corrected chi connectivity index (χ0v) is 14.6. The van der Waals surface area contributed by atoms with E-state index in [9.17, 15) is 0 Å². The van der Waals surface area contributed by atoms with Crippen molar-refractivity contribution in [3.8, 4) is 11.5 Å². The van der Waals surface area contributed by atoms with E-state index in [1.165, 1.54) is 0 Å². The molecule has 0 saturated heterocycles. The van der Waals surface area contributed by atoms with Gasteiger partial charge in [0.2, 0.25) is 0 Å². The van der Waals surface area contributed by atoms with Gasteiger partial charge in [0, 0.05) is 13.1 Å². The summed E-state index contributed by atoms with van der Waals surface area (Å²) in [5.74, 6) is 1.26. The highest BCUT2D eigenvalue weighted by atomic mass is 35.5. The zero-order chi connectivity index (χ0) is 15.5. The Bertz CT molecular complexity index is 419. The third-order valence-corrected chi connectivity index (χ3v) is 2.93. The molecule has 0 unspecified atom stereocenters. The van der Waals surface area contributed by atoms with Crippen LogP contribution in [-0.2, 0) is 11.3 Å². The van der Waals surface area contributed by atoms with E-state index in [0.29, 0.717) is 56.0 Å². The fraction of sp³-hybridized carbons (Fsp3) is 0.600. The number of hydrogen-bond acceptors (Lipinski definition) is 5. The smallest absolute Gasteiger partial charge is 0.179 e. The number of benzene rings is 1. The highest BCUT2D eigenvalue weighted by Crippen LogP contribution is 2.36. The van der Waals surface area contributed by atoms with Crippen molar-refractivity contribution >= 4 is 24.0 Å². The van der Waals surface area contributed by atoms with Crippen LogP contribution in [0, 0.1) is 0 Å². The molecule has 5 nitrogen and oxygen atoms in total. The molecule has 1 aromatic rings. The second-order valence-electron chi connectivity index (χ2n) is 4.28. The monoisotopic (exact) mass is 353 g/mol. The van der Waals surface area contributed by atoms with Crippen molar-refractivity contribution in [1.82, 2.24) is 5.32 Å². The van der Waals surface area contributed by atoms with Crippen molar-refractivity contribution in [3.63, 3.8) is 0 Å². The molecule has 0 heterocycles. The lowest BCUT2D eigenvalue weighted by Crippen LogP contribution is -2.20. The van der Waals surface area contributed by atoms with E-state index in [1.54, 1.807) is 0 Å². The summed E-state index contributed by atoms with van der Waals surface area (Å²) in [5.41, 5.74) is 1.02. The molecule has 1 aromatic carbocycles. The molecule has 22 heavy (non-hydrogen) atoms. The lowest BCUT2D eigenvalue weighted by atomic mass is 10.2. The summed E-state index contributed by atoms with van der Waals surface area (Å²) in [6.07, 6.45) is 0. The summed E-state index contributed by atoms with van der Waals surface area (Å²) in [5, 5.41) is 12.4. The number of halogens is 2. The Hall–Kier alpha value is -0.720. The van der Waals surface area contributed by atoms with Gasteiger partial charge in [-0.25, -0.2) is 0 Å². The summed E-state index contributed by atoms with van der Waals surface area (Å²) in [6, 6.07) is 3.80. The van der Waals surface area contributed by atoms with E-state index < -0.39 is 0 Å². The van der Waals surface area contributed by atoms with Crippen LogP contribution in [0.25, 0.3) is 0 Å². The molecule has 0 saturated carbocycles. The van der Waals surface area contributed by atoms with Gasteiger partial charge in [-0.15, -0.1) is 12.4 Å². The summed E-state index contributed by atoms with van der Waals surface area (Å²) >= 11 is 6.25. The van der Waals surface area contributed by atoms with Crippen molar-refractivity contribution in [1.29, 1.82) is 0 Å². The molecule has 0 spiro atoms. The molecule has 0 aliphatic heterocycles. The van der Waals surface area contributed by atoms with E-state index in [1.807, 2.05) is 26.0 Å². The largest absolute Gasteiger partial charge is 0.490 e. The molecule has 1 rings (SSSR count). The average Bonchev–Trinajstić information content (AvgIpc) is 2.46. The van der Waals surface area contributed by atoms with Crippen LogP contribution >= 0.6 is 24.0 Å². The van der Waals surface area contributed by atoms with Crippen LogP contribution in [-0.4, -0.2) is 44.7 Å². The summed E-state index contributed by atoms with van der Waals surface area (Å²) in [7, 11) is 0. The van der Waals surface area contributed by atoms with Gasteiger partial charge in [-0.1, -0.05) is 11.6 Å². The van der Waals surface area contributed by atoms with Crippen LogP contribution in [0.1, 0.15) is 19.4 Å². The van der Waals surface area contributed by atoms with Crippen LogP contribution in [0.3, 0.4) is 0 Å². The second-order valence-corrected chi connectivity index (χ2v) is 4.69.